The molecule has 1 unspecified atom stereocenters. The average Bonchev–Trinajstić information content (AvgIpc) is 3.00. The van der Waals surface area contributed by atoms with Crippen LogP contribution in [0.25, 0.3) is 0 Å². The summed E-state index contributed by atoms with van der Waals surface area (Å²) >= 11 is 0. The first-order valence-corrected chi connectivity index (χ1v) is 8.76. The molecule has 2 aliphatic rings. The van der Waals surface area contributed by atoms with Crippen molar-refractivity contribution in [1.82, 2.24) is 14.9 Å². The lowest BCUT2D eigenvalue weighted by Gasteiger charge is -2.26. The maximum atomic E-state index is 13.2. The minimum absolute atomic E-state index is 0.0704. The molecule has 130 valence electrons. The Morgan fingerprint density at radius 2 is 2.04 bits per heavy atom. The predicted molar refractivity (Wildman–Crippen MR) is 97.9 cm³/mol. The van der Waals surface area contributed by atoms with Crippen LogP contribution in [0.2, 0.25) is 0 Å². The first-order chi connectivity index (χ1) is 12.1. The Hall–Kier alpha value is -2.47. The fraction of sp³-hybridized carbons (Fsp3) is 0.421. The fourth-order valence-corrected chi connectivity index (χ4v) is 3.74. The molecule has 6 nitrogen and oxygen atoms in total. The highest BCUT2D eigenvalue weighted by atomic mass is 16.2. The minimum atomic E-state index is -0.0704. The van der Waals surface area contributed by atoms with Gasteiger partial charge in [0.05, 0.1) is 12.4 Å². The van der Waals surface area contributed by atoms with Crippen LogP contribution in [-0.4, -0.2) is 54.0 Å². The molecule has 25 heavy (non-hydrogen) atoms. The van der Waals surface area contributed by atoms with Crippen molar-refractivity contribution in [1.29, 1.82) is 0 Å². The number of carbonyl (C=O) groups excluding carboxylic acids is 1. The van der Waals surface area contributed by atoms with Gasteiger partial charge in [0, 0.05) is 38.9 Å². The van der Waals surface area contributed by atoms with Crippen molar-refractivity contribution in [2.24, 2.45) is 0 Å². The van der Waals surface area contributed by atoms with Crippen LogP contribution < -0.4 is 9.80 Å². The molecule has 0 saturated carbocycles. The Morgan fingerprint density at radius 3 is 2.80 bits per heavy atom. The summed E-state index contributed by atoms with van der Waals surface area (Å²) in [5, 5.41) is 0. The van der Waals surface area contributed by atoms with E-state index in [-0.39, 0.29) is 5.91 Å². The lowest BCUT2D eigenvalue weighted by Crippen LogP contribution is -2.40. The van der Waals surface area contributed by atoms with Crippen molar-refractivity contribution in [3.05, 3.63) is 47.9 Å². The Kier molecular flexibility index (Phi) is 4.13. The second-order valence-corrected chi connectivity index (χ2v) is 6.97. The van der Waals surface area contributed by atoms with E-state index in [4.69, 9.17) is 0 Å². The Morgan fingerprint density at radius 1 is 1.20 bits per heavy atom. The van der Waals surface area contributed by atoms with E-state index in [1.807, 2.05) is 42.1 Å². The number of hydrogen-bond acceptors (Lipinski definition) is 5. The second kappa shape index (κ2) is 6.44. The van der Waals surface area contributed by atoms with Crippen LogP contribution in [0.4, 0.5) is 11.5 Å². The van der Waals surface area contributed by atoms with Gasteiger partial charge >= 0.3 is 0 Å². The number of para-hydroxylation sites is 1. The van der Waals surface area contributed by atoms with Crippen LogP contribution in [0.5, 0.6) is 0 Å². The van der Waals surface area contributed by atoms with E-state index in [1.54, 1.807) is 12.4 Å². The van der Waals surface area contributed by atoms with Crippen molar-refractivity contribution < 1.29 is 4.79 Å². The highest BCUT2D eigenvalue weighted by Crippen LogP contribution is 2.32. The van der Waals surface area contributed by atoms with Crippen LogP contribution in [0.1, 0.15) is 28.9 Å². The third-order valence-corrected chi connectivity index (χ3v) is 5.11. The van der Waals surface area contributed by atoms with Gasteiger partial charge in [0.1, 0.15) is 11.5 Å². The SMILES string of the molecule is CN(C)c1cnc(C(=O)N2CC3CCCN3Cc3ccccc32)cn1. The molecule has 0 N–H and O–H groups in total. The zero-order valence-electron chi connectivity index (χ0n) is 14.7. The van der Waals surface area contributed by atoms with Gasteiger partial charge in [-0.25, -0.2) is 9.97 Å². The number of anilines is 2. The molecule has 2 aliphatic heterocycles. The number of amides is 1. The molecular weight excluding hydrogens is 314 g/mol. The second-order valence-electron chi connectivity index (χ2n) is 6.97. The molecule has 4 rings (SSSR count). The summed E-state index contributed by atoms with van der Waals surface area (Å²) in [4.78, 5) is 28.1. The summed E-state index contributed by atoms with van der Waals surface area (Å²) in [6.45, 7) is 2.74. The molecule has 2 aromatic rings. The van der Waals surface area contributed by atoms with E-state index in [1.165, 1.54) is 12.0 Å². The van der Waals surface area contributed by atoms with Gasteiger partial charge in [0.2, 0.25) is 0 Å². The monoisotopic (exact) mass is 337 g/mol. The van der Waals surface area contributed by atoms with E-state index in [0.29, 0.717) is 18.3 Å². The van der Waals surface area contributed by atoms with Gasteiger partial charge in [0.15, 0.2) is 0 Å². The maximum absolute atomic E-state index is 13.2. The molecule has 3 heterocycles. The molecule has 1 aromatic heterocycles. The number of nitrogens with zero attached hydrogens (tertiary/aromatic N) is 5. The third-order valence-electron chi connectivity index (χ3n) is 5.11. The molecule has 1 amide bonds. The number of fused-ring (bicyclic) bond motifs is 2. The molecule has 6 heteroatoms. The molecular formula is C19H23N5O. The molecule has 1 atom stereocenters. The summed E-state index contributed by atoms with van der Waals surface area (Å²) in [6, 6.07) is 8.62. The summed E-state index contributed by atoms with van der Waals surface area (Å²) < 4.78 is 0. The zero-order chi connectivity index (χ0) is 17.4. The van der Waals surface area contributed by atoms with Crippen LogP contribution in [0, 0.1) is 0 Å². The summed E-state index contributed by atoms with van der Waals surface area (Å²) in [5.74, 6) is 0.675. The molecule has 1 saturated heterocycles. The van der Waals surface area contributed by atoms with E-state index < -0.39 is 0 Å². The number of rotatable bonds is 2. The van der Waals surface area contributed by atoms with E-state index in [9.17, 15) is 4.79 Å². The normalized spacial score (nSPS) is 19.9. The van der Waals surface area contributed by atoms with Gasteiger partial charge in [-0.1, -0.05) is 18.2 Å². The van der Waals surface area contributed by atoms with Crippen molar-refractivity contribution in [2.75, 3.05) is 37.0 Å². The van der Waals surface area contributed by atoms with Gasteiger partial charge in [0.25, 0.3) is 5.91 Å². The predicted octanol–water partition coefficient (Wildman–Crippen LogP) is 2.17. The van der Waals surface area contributed by atoms with Crippen LogP contribution in [0.15, 0.2) is 36.7 Å². The largest absolute Gasteiger partial charge is 0.361 e. The lowest BCUT2D eigenvalue weighted by molar-refractivity contribution is 0.0976. The summed E-state index contributed by atoms with van der Waals surface area (Å²) in [7, 11) is 3.82. The standard InChI is InChI=1S/C19H23N5O/c1-22(2)18-11-20-16(10-21-18)19(25)24-13-15-7-5-9-23(15)12-14-6-3-4-8-17(14)24/h3-4,6,8,10-11,15H,5,7,9,12-13H2,1-2H3. The Bertz CT molecular complexity index is 774. The topological polar surface area (TPSA) is 52.6 Å². The van der Waals surface area contributed by atoms with Crippen LogP contribution in [0.3, 0.4) is 0 Å². The summed E-state index contributed by atoms with van der Waals surface area (Å²) in [6.07, 6.45) is 5.58. The van der Waals surface area contributed by atoms with Gasteiger partial charge in [-0.3, -0.25) is 9.69 Å². The number of carbonyl (C=O) groups is 1. The number of aromatic nitrogens is 2. The first-order valence-electron chi connectivity index (χ1n) is 8.76. The zero-order valence-corrected chi connectivity index (χ0v) is 14.7. The molecule has 0 bridgehead atoms. The average molecular weight is 337 g/mol. The third kappa shape index (κ3) is 2.98. The number of benzene rings is 1. The van der Waals surface area contributed by atoms with E-state index in [2.05, 4.69) is 20.9 Å². The quantitative estimate of drug-likeness (QED) is 0.841. The van der Waals surface area contributed by atoms with Crippen molar-refractivity contribution in [2.45, 2.75) is 25.4 Å². The highest BCUT2D eigenvalue weighted by molar-refractivity contribution is 6.05. The van der Waals surface area contributed by atoms with Gasteiger partial charge < -0.3 is 9.80 Å². The maximum Gasteiger partial charge on any atom is 0.278 e. The molecule has 0 radical (unpaired) electrons. The van der Waals surface area contributed by atoms with Crippen molar-refractivity contribution >= 4 is 17.4 Å². The van der Waals surface area contributed by atoms with Crippen LogP contribution in [-0.2, 0) is 6.54 Å². The number of hydrogen-bond donors (Lipinski definition) is 0. The smallest absolute Gasteiger partial charge is 0.278 e. The van der Waals surface area contributed by atoms with Crippen LogP contribution >= 0.6 is 0 Å². The van der Waals surface area contributed by atoms with Gasteiger partial charge in [-0.15, -0.1) is 0 Å². The Balaban J connectivity index is 1.68. The molecule has 0 aliphatic carbocycles. The lowest BCUT2D eigenvalue weighted by atomic mass is 10.1. The van der Waals surface area contributed by atoms with Gasteiger partial charge in [-0.05, 0) is 31.0 Å². The van der Waals surface area contributed by atoms with Crippen molar-refractivity contribution in [3.8, 4) is 0 Å². The fourth-order valence-electron chi connectivity index (χ4n) is 3.74. The van der Waals surface area contributed by atoms with Crippen molar-refractivity contribution in [3.63, 3.8) is 0 Å². The molecule has 1 fully saturated rings. The molecule has 1 aromatic carbocycles. The van der Waals surface area contributed by atoms with E-state index in [0.717, 1.165) is 31.0 Å². The first kappa shape index (κ1) is 16.0. The minimum Gasteiger partial charge on any atom is -0.361 e. The Labute approximate surface area is 148 Å². The van der Waals surface area contributed by atoms with E-state index >= 15 is 0 Å². The summed E-state index contributed by atoms with van der Waals surface area (Å²) in [5.41, 5.74) is 2.60. The highest BCUT2D eigenvalue weighted by Gasteiger charge is 2.34. The van der Waals surface area contributed by atoms with Gasteiger partial charge in [-0.2, -0.15) is 0 Å². The molecule has 0 spiro atoms.